The van der Waals surface area contributed by atoms with Crippen molar-refractivity contribution in [1.29, 1.82) is 5.26 Å². The number of hydrogen-bond donors (Lipinski definition) is 2. The molecule has 0 fully saturated rings. The van der Waals surface area contributed by atoms with E-state index in [0.717, 1.165) is 0 Å². The average Bonchev–Trinajstić information content (AvgIpc) is 2.32. The predicted octanol–water partition coefficient (Wildman–Crippen LogP) is 1.77. The summed E-state index contributed by atoms with van der Waals surface area (Å²) in [5, 5.41) is 20.6. The molecular formula is C12H12N2O3. The summed E-state index contributed by atoms with van der Waals surface area (Å²) in [6, 6.07) is 7.96. The number of ether oxygens (including phenoxy) is 1. The quantitative estimate of drug-likeness (QED) is 0.358. The van der Waals surface area contributed by atoms with Crippen LogP contribution in [0.25, 0.3) is 0 Å². The topological polar surface area (TPSA) is 82.4 Å². The Hall–Kier alpha value is -2.48. The number of nitrogens with one attached hydrogen (secondary N) is 1. The number of anilines is 1. The van der Waals surface area contributed by atoms with E-state index in [-0.39, 0.29) is 17.9 Å². The highest BCUT2D eigenvalue weighted by Crippen LogP contribution is 2.14. The van der Waals surface area contributed by atoms with Gasteiger partial charge in [-0.05, 0) is 31.2 Å². The Balaban J connectivity index is 2.71. The molecule has 0 amide bonds. The van der Waals surface area contributed by atoms with Crippen LogP contribution in [-0.2, 0) is 9.53 Å². The lowest BCUT2D eigenvalue weighted by atomic mass is 10.3. The molecule has 0 heterocycles. The average molecular weight is 232 g/mol. The second kappa shape index (κ2) is 6.18. The molecular weight excluding hydrogens is 220 g/mol. The molecule has 0 radical (unpaired) electrons. The molecule has 17 heavy (non-hydrogen) atoms. The molecule has 0 spiro atoms. The van der Waals surface area contributed by atoms with Gasteiger partial charge in [0, 0.05) is 11.9 Å². The van der Waals surface area contributed by atoms with Crippen molar-refractivity contribution in [3.63, 3.8) is 0 Å². The lowest BCUT2D eigenvalue weighted by Gasteiger charge is -2.02. The molecule has 0 saturated carbocycles. The van der Waals surface area contributed by atoms with Crippen molar-refractivity contribution in [3.8, 4) is 11.8 Å². The van der Waals surface area contributed by atoms with Gasteiger partial charge in [-0.2, -0.15) is 5.26 Å². The molecule has 2 N–H and O–H groups in total. The van der Waals surface area contributed by atoms with Crippen molar-refractivity contribution in [3.05, 3.63) is 36.0 Å². The lowest BCUT2D eigenvalue weighted by Crippen LogP contribution is -2.07. The van der Waals surface area contributed by atoms with Crippen LogP contribution in [0.1, 0.15) is 6.92 Å². The summed E-state index contributed by atoms with van der Waals surface area (Å²) in [6.07, 6.45) is 1.27. The molecule has 0 unspecified atom stereocenters. The standard InChI is InChI=1S/C12H12N2O3/c1-2-17-12(16)9(7-13)8-14-10-3-5-11(15)6-4-10/h3-6,8,14-15H,2H2,1H3/b9-8-. The van der Waals surface area contributed by atoms with Crippen molar-refractivity contribution < 1.29 is 14.6 Å². The van der Waals surface area contributed by atoms with E-state index >= 15 is 0 Å². The number of nitrogens with zero attached hydrogens (tertiary/aromatic N) is 1. The maximum atomic E-state index is 11.3. The van der Waals surface area contributed by atoms with E-state index in [0.29, 0.717) is 5.69 Å². The molecule has 0 aliphatic heterocycles. The van der Waals surface area contributed by atoms with Crippen molar-refractivity contribution >= 4 is 11.7 Å². The van der Waals surface area contributed by atoms with E-state index in [1.807, 2.05) is 0 Å². The first kappa shape index (κ1) is 12.6. The first-order chi connectivity index (χ1) is 8.17. The van der Waals surface area contributed by atoms with Crippen LogP contribution >= 0.6 is 0 Å². The Morgan fingerprint density at radius 3 is 2.71 bits per heavy atom. The summed E-state index contributed by atoms with van der Waals surface area (Å²) < 4.78 is 4.69. The second-order valence-corrected chi connectivity index (χ2v) is 3.08. The van der Waals surface area contributed by atoms with Gasteiger partial charge < -0.3 is 15.2 Å². The van der Waals surface area contributed by atoms with Gasteiger partial charge in [0.25, 0.3) is 0 Å². The minimum absolute atomic E-state index is 0.111. The van der Waals surface area contributed by atoms with Gasteiger partial charge in [0.15, 0.2) is 5.57 Å². The minimum atomic E-state index is -0.665. The molecule has 1 aromatic carbocycles. The number of phenolic OH excluding ortho intramolecular Hbond substituents is 1. The number of rotatable bonds is 4. The zero-order chi connectivity index (χ0) is 12.7. The van der Waals surface area contributed by atoms with Gasteiger partial charge in [-0.15, -0.1) is 0 Å². The Morgan fingerprint density at radius 2 is 2.18 bits per heavy atom. The molecule has 1 aromatic rings. The van der Waals surface area contributed by atoms with E-state index in [1.165, 1.54) is 18.3 Å². The first-order valence-electron chi connectivity index (χ1n) is 5.00. The Labute approximate surface area is 98.9 Å². The molecule has 5 heteroatoms. The largest absolute Gasteiger partial charge is 0.508 e. The number of aromatic hydroxyl groups is 1. The minimum Gasteiger partial charge on any atom is -0.508 e. The van der Waals surface area contributed by atoms with Crippen LogP contribution in [0.3, 0.4) is 0 Å². The van der Waals surface area contributed by atoms with Crippen molar-refractivity contribution in [2.45, 2.75) is 6.92 Å². The number of carbonyl (C=O) groups excluding carboxylic acids is 1. The zero-order valence-corrected chi connectivity index (χ0v) is 9.30. The lowest BCUT2D eigenvalue weighted by molar-refractivity contribution is -0.138. The number of benzene rings is 1. The van der Waals surface area contributed by atoms with Crippen molar-refractivity contribution in [2.75, 3.05) is 11.9 Å². The van der Waals surface area contributed by atoms with Gasteiger partial charge in [-0.25, -0.2) is 4.79 Å². The Morgan fingerprint density at radius 1 is 1.53 bits per heavy atom. The second-order valence-electron chi connectivity index (χ2n) is 3.08. The zero-order valence-electron chi connectivity index (χ0n) is 9.30. The van der Waals surface area contributed by atoms with Crippen molar-refractivity contribution in [1.82, 2.24) is 0 Å². The highest BCUT2D eigenvalue weighted by Gasteiger charge is 2.08. The molecule has 5 nitrogen and oxygen atoms in total. The highest BCUT2D eigenvalue weighted by molar-refractivity contribution is 5.93. The normalized spacial score (nSPS) is 10.5. The number of esters is 1. The molecule has 0 aromatic heterocycles. The maximum absolute atomic E-state index is 11.3. The van der Waals surface area contributed by atoms with E-state index in [4.69, 9.17) is 15.1 Å². The maximum Gasteiger partial charge on any atom is 0.350 e. The van der Waals surface area contributed by atoms with Crippen LogP contribution in [0.5, 0.6) is 5.75 Å². The van der Waals surface area contributed by atoms with E-state index in [1.54, 1.807) is 25.1 Å². The smallest absolute Gasteiger partial charge is 0.350 e. The monoisotopic (exact) mass is 232 g/mol. The molecule has 88 valence electrons. The molecule has 1 rings (SSSR count). The third-order valence-corrected chi connectivity index (χ3v) is 1.87. The number of carbonyl (C=O) groups is 1. The van der Waals surface area contributed by atoms with Crippen LogP contribution in [0.4, 0.5) is 5.69 Å². The summed E-state index contributed by atoms with van der Waals surface area (Å²) >= 11 is 0. The molecule has 0 aliphatic carbocycles. The van der Waals surface area contributed by atoms with Gasteiger partial charge in [0.2, 0.25) is 0 Å². The summed E-state index contributed by atoms with van der Waals surface area (Å²) in [5.74, 6) is -0.522. The number of hydrogen-bond acceptors (Lipinski definition) is 5. The van der Waals surface area contributed by atoms with Gasteiger partial charge >= 0.3 is 5.97 Å². The van der Waals surface area contributed by atoms with Crippen LogP contribution in [0.2, 0.25) is 0 Å². The molecule has 0 atom stereocenters. The molecule has 0 aliphatic rings. The van der Waals surface area contributed by atoms with E-state index in [2.05, 4.69) is 5.32 Å². The summed E-state index contributed by atoms with van der Waals surface area (Å²) in [4.78, 5) is 11.3. The fourth-order valence-corrected chi connectivity index (χ4v) is 1.06. The van der Waals surface area contributed by atoms with Crippen LogP contribution in [-0.4, -0.2) is 17.7 Å². The fraction of sp³-hybridized carbons (Fsp3) is 0.167. The van der Waals surface area contributed by atoms with E-state index in [9.17, 15) is 4.79 Å². The molecule has 0 bridgehead atoms. The SMILES string of the molecule is CCOC(=O)/C(C#N)=C\Nc1ccc(O)cc1. The molecule has 0 saturated heterocycles. The Kier molecular flexibility index (Phi) is 4.58. The summed E-state index contributed by atoms with van der Waals surface area (Å²) in [7, 11) is 0. The van der Waals surface area contributed by atoms with E-state index < -0.39 is 5.97 Å². The van der Waals surface area contributed by atoms with Crippen molar-refractivity contribution in [2.24, 2.45) is 0 Å². The highest BCUT2D eigenvalue weighted by atomic mass is 16.5. The van der Waals surface area contributed by atoms with Gasteiger partial charge in [0.05, 0.1) is 6.61 Å². The number of phenols is 1. The first-order valence-corrected chi connectivity index (χ1v) is 5.00. The van der Waals surface area contributed by atoms with Crippen LogP contribution in [0.15, 0.2) is 36.0 Å². The number of nitriles is 1. The summed E-state index contributed by atoms with van der Waals surface area (Å²) in [5.41, 5.74) is 0.541. The van der Waals surface area contributed by atoms with Gasteiger partial charge in [-0.3, -0.25) is 0 Å². The summed E-state index contributed by atoms with van der Waals surface area (Å²) in [6.45, 7) is 1.89. The third-order valence-electron chi connectivity index (χ3n) is 1.87. The van der Waals surface area contributed by atoms with Crippen LogP contribution < -0.4 is 5.32 Å². The third kappa shape index (κ3) is 3.87. The van der Waals surface area contributed by atoms with Gasteiger partial charge in [-0.1, -0.05) is 0 Å². The van der Waals surface area contributed by atoms with Gasteiger partial charge in [0.1, 0.15) is 11.8 Å². The Bertz CT molecular complexity index is 458. The fourth-order valence-electron chi connectivity index (χ4n) is 1.06. The van der Waals surface area contributed by atoms with Crippen LogP contribution in [0, 0.1) is 11.3 Å². The predicted molar refractivity (Wildman–Crippen MR) is 62.1 cm³/mol.